The van der Waals surface area contributed by atoms with Crippen LogP contribution in [-0.2, 0) is 11.2 Å². The fraction of sp³-hybridized carbons (Fsp3) is 0.368. The van der Waals surface area contributed by atoms with Crippen LogP contribution in [0.4, 0.5) is 4.79 Å². The largest absolute Gasteiger partial charge is 0.444 e. The van der Waals surface area contributed by atoms with Gasteiger partial charge >= 0.3 is 6.09 Å². The Morgan fingerprint density at radius 1 is 1.19 bits per heavy atom. The predicted octanol–water partition coefficient (Wildman–Crippen LogP) is 4.67. The molecule has 1 aromatic carbocycles. The Morgan fingerprint density at radius 3 is 2.41 bits per heavy atom. The summed E-state index contributed by atoms with van der Waals surface area (Å²) < 4.78 is 11.7. The predicted molar refractivity (Wildman–Crippen MR) is 110 cm³/mol. The van der Waals surface area contributed by atoms with Crippen molar-refractivity contribution in [3.05, 3.63) is 56.9 Å². The number of amides is 2. The van der Waals surface area contributed by atoms with E-state index in [1.54, 1.807) is 26.8 Å². The van der Waals surface area contributed by atoms with Crippen molar-refractivity contribution in [1.82, 2.24) is 10.6 Å². The maximum absolute atomic E-state index is 12.5. The fourth-order valence-electron chi connectivity index (χ4n) is 2.31. The molecule has 0 bridgehead atoms. The van der Waals surface area contributed by atoms with Gasteiger partial charge in [0.15, 0.2) is 10.4 Å². The Hall–Kier alpha value is -1.80. The van der Waals surface area contributed by atoms with Gasteiger partial charge in [-0.2, -0.15) is 0 Å². The highest BCUT2D eigenvalue weighted by Crippen LogP contribution is 2.26. The SMILES string of the molecule is CC(C)(C)OC(=O)NCC(Cc1ccccc1)NC(=O)c1cc(Br)c(Br)o1. The van der Waals surface area contributed by atoms with Crippen LogP contribution in [-0.4, -0.2) is 30.2 Å². The third-order valence-corrected chi connectivity index (χ3v) is 5.13. The molecule has 0 radical (unpaired) electrons. The molecule has 0 fully saturated rings. The maximum atomic E-state index is 12.5. The van der Waals surface area contributed by atoms with E-state index in [0.717, 1.165) is 5.56 Å². The zero-order valence-corrected chi connectivity index (χ0v) is 18.5. The molecule has 1 aromatic heterocycles. The number of alkyl carbamates (subject to hydrolysis) is 1. The van der Waals surface area contributed by atoms with Gasteiger partial charge in [0.25, 0.3) is 5.91 Å². The number of rotatable bonds is 6. The summed E-state index contributed by atoms with van der Waals surface area (Å²) in [4.78, 5) is 24.4. The van der Waals surface area contributed by atoms with E-state index in [9.17, 15) is 9.59 Å². The Kier molecular flexibility index (Phi) is 7.49. The molecule has 0 aliphatic heterocycles. The van der Waals surface area contributed by atoms with Gasteiger partial charge in [-0.25, -0.2) is 4.79 Å². The smallest absolute Gasteiger partial charge is 0.407 e. The van der Waals surface area contributed by atoms with E-state index in [1.165, 1.54) is 0 Å². The first-order valence-corrected chi connectivity index (χ1v) is 9.99. The molecule has 1 atom stereocenters. The van der Waals surface area contributed by atoms with E-state index >= 15 is 0 Å². The van der Waals surface area contributed by atoms with Crippen LogP contribution in [0.25, 0.3) is 0 Å². The van der Waals surface area contributed by atoms with Crippen molar-refractivity contribution in [2.75, 3.05) is 6.54 Å². The molecule has 6 nitrogen and oxygen atoms in total. The molecule has 2 amide bonds. The average Bonchev–Trinajstić information content (AvgIpc) is 2.91. The van der Waals surface area contributed by atoms with Crippen LogP contribution in [0.1, 0.15) is 36.9 Å². The minimum atomic E-state index is -0.588. The second-order valence-corrected chi connectivity index (χ2v) is 8.55. The molecule has 1 heterocycles. The lowest BCUT2D eigenvalue weighted by atomic mass is 10.1. The lowest BCUT2D eigenvalue weighted by Crippen LogP contribution is -2.46. The van der Waals surface area contributed by atoms with Gasteiger partial charge in [-0.05, 0) is 64.6 Å². The number of ether oxygens (including phenoxy) is 1. The zero-order chi connectivity index (χ0) is 20.0. The summed E-state index contributed by atoms with van der Waals surface area (Å²) in [5.74, 6) is -0.197. The second kappa shape index (κ2) is 9.41. The first-order valence-electron chi connectivity index (χ1n) is 8.40. The molecule has 1 unspecified atom stereocenters. The Balaban J connectivity index is 2.04. The number of hydrogen-bond donors (Lipinski definition) is 2. The molecule has 146 valence electrons. The summed E-state index contributed by atoms with van der Waals surface area (Å²) in [5, 5.41) is 5.60. The van der Waals surface area contributed by atoms with Crippen LogP contribution >= 0.6 is 31.9 Å². The number of carbonyl (C=O) groups excluding carboxylic acids is 2. The van der Waals surface area contributed by atoms with Gasteiger partial charge in [-0.3, -0.25) is 4.79 Å². The average molecular weight is 502 g/mol. The summed E-state index contributed by atoms with van der Waals surface area (Å²) in [7, 11) is 0. The monoisotopic (exact) mass is 500 g/mol. The molecule has 0 saturated heterocycles. The molecule has 27 heavy (non-hydrogen) atoms. The molecule has 8 heteroatoms. The number of hydrogen-bond acceptors (Lipinski definition) is 4. The molecule has 0 saturated carbocycles. The van der Waals surface area contributed by atoms with Gasteiger partial charge in [0.1, 0.15) is 5.60 Å². The number of carbonyl (C=O) groups is 2. The van der Waals surface area contributed by atoms with Crippen LogP contribution < -0.4 is 10.6 Å². The molecule has 2 N–H and O–H groups in total. The van der Waals surface area contributed by atoms with Gasteiger partial charge < -0.3 is 19.8 Å². The van der Waals surface area contributed by atoms with Crippen molar-refractivity contribution in [1.29, 1.82) is 0 Å². The molecule has 0 spiro atoms. The van der Waals surface area contributed by atoms with Crippen molar-refractivity contribution in [3.8, 4) is 0 Å². The van der Waals surface area contributed by atoms with Crippen molar-refractivity contribution < 1.29 is 18.7 Å². The summed E-state index contributed by atoms with van der Waals surface area (Å²) in [6, 6.07) is 11.0. The van der Waals surface area contributed by atoms with Crippen LogP contribution in [0.3, 0.4) is 0 Å². The number of benzene rings is 1. The van der Waals surface area contributed by atoms with Crippen molar-refractivity contribution in [2.24, 2.45) is 0 Å². The van der Waals surface area contributed by atoms with E-state index in [-0.39, 0.29) is 24.3 Å². The highest BCUT2D eigenvalue weighted by molar-refractivity contribution is 9.13. The number of furan rings is 1. The first kappa shape index (κ1) is 21.5. The van der Waals surface area contributed by atoms with Crippen LogP contribution in [0.15, 0.2) is 50.0 Å². The molecule has 2 aromatic rings. The topological polar surface area (TPSA) is 80.6 Å². The van der Waals surface area contributed by atoms with Crippen LogP contribution in [0.2, 0.25) is 0 Å². The standard InChI is InChI=1S/C19H22Br2N2O4/c1-19(2,3)27-18(25)22-11-13(9-12-7-5-4-6-8-12)23-17(24)15-10-14(20)16(21)26-15/h4-8,10,13H,9,11H2,1-3H3,(H,22,25)(H,23,24). The normalized spacial score (nSPS) is 12.3. The molecular formula is C19H22Br2N2O4. The van der Waals surface area contributed by atoms with Crippen molar-refractivity contribution in [3.63, 3.8) is 0 Å². The first-order chi connectivity index (χ1) is 12.6. The van der Waals surface area contributed by atoms with E-state index in [0.29, 0.717) is 15.6 Å². The second-order valence-electron chi connectivity index (χ2n) is 6.98. The Bertz CT molecular complexity index is 765. The Morgan fingerprint density at radius 2 is 1.85 bits per heavy atom. The van der Waals surface area contributed by atoms with Gasteiger partial charge in [-0.1, -0.05) is 30.3 Å². The zero-order valence-electron chi connectivity index (χ0n) is 15.3. The molecule has 0 aliphatic rings. The van der Waals surface area contributed by atoms with Crippen molar-refractivity contribution in [2.45, 2.75) is 38.8 Å². The third kappa shape index (κ3) is 7.38. The van der Waals surface area contributed by atoms with E-state index in [2.05, 4.69) is 42.5 Å². The number of halogens is 2. The summed E-state index contributed by atoms with van der Waals surface area (Å²) in [5.41, 5.74) is 0.449. The highest BCUT2D eigenvalue weighted by Gasteiger charge is 2.21. The van der Waals surface area contributed by atoms with E-state index in [1.807, 2.05) is 30.3 Å². The minimum absolute atomic E-state index is 0.170. The quantitative estimate of drug-likeness (QED) is 0.602. The van der Waals surface area contributed by atoms with Gasteiger partial charge in [-0.15, -0.1) is 0 Å². The van der Waals surface area contributed by atoms with Crippen LogP contribution in [0, 0.1) is 0 Å². The van der Waals surface area contributed by atoms with Crippen molar-refractivity contribution >= 4 is 43.9 Å². The van der Waals surface area contributed by atoms with Crippen LogP contribution in [0.5, 0.6) is 0 Å². The van der Waals surface area contributed by atoms with Gasteiger partial charge in [0.05, 0.1) is 10.5 Å². The number of nitrogens with one attached hydrogen (secondary N) is 2. The third-order valence-electron chi connectivity index (χ3n) is 3.42. The maximum Gasteiger partial charge on any atom is 0.407 e. The van der Waals surface area contributed by atoms with E-state index < -0.39 is 11.7 Å². The summed E-state index contributed by atoms with van der Waals surface area (Å²) in [6.45, 7) is 5.60. The lowest BCUT2D eigenvalue weighted by molar-refractivity contribution is 0.0519. The Labute approximate surface area is 175 Å². The molecule has 2 rings (SSSR count). The molecule has 0 aliphatic carbocycles. The molecular weight excluding hydrogens is 480 g/mol. The summed E-state index contributed by atoms with van der Waals surface area (Å²) >= 11 is 6.50. The van der Waals surface area contributed by atoms with E-state index in [4.69, 9.17) is 9.15 Å². The lowest BCUT2D eigenvalue weighted by Gasteiger charge is -2.22. The summed E-state index contributed by atoms with van der Waals surface area (Å²) in [6.07, 6.45) is 0.0177. The van der Waals surface area contributed by atoms with Gasteiger partial charge in [0, 0.05) is 12.6 Å². The highest BCUT2D eigenvalue weighted by atomic mass is 79.9. The minimum Gasteiger partial charge on any atom is -0.444 e. The fourth-order valence-corrected chi connectivity index (χ4v) is 2.89. The van der Waals surface area contributed by atoms with Gasteiger partial charge in [0.2, 0.25) is 0 Å².